The summed E-state index contributed by atoms with van der Waals surface area (Å²) in [6, 6.07) is 27.8. The number of halogens is 1. The number of ether oxygens (including phenoxy) is 1. The molecule has 1 amide bonds. The summed E-state index contributed by atoms with van der Waals surface area (Å²) in [5.74, 6) is -0.786. The van der Waals surface area contributed by atoms with E-state index in [1.54, 1.807) is 36.4 Å². The van der Waals surface area contributed by atoms with Crippen molar-refractivity contribution in [2.75, 3.05) is 0 Å². The van der Waals surface area contributed by atoms with Gasteiger partial charge in [0.2, 0.25) is 5.91 Å². The minimum Gasteiger partial charge on any atom is -0.489 e. The summed E-state index contributed by atoms with van der Waals surface area (Å²) in [7, 11) is 0. The van der Waals surface area contributed by atoms with Crippen LogP contribution in [-0.2, 0) is 35.5 Å². The third-order valence-corrected chi connectivity index (χ3v) is 7.44. The van der Waals surface area contributed by atoms with Crippen molar-refractivity contribution in [3.63, 3.8) is 0 Å². The molecule has 0 heterocycles. The molecule has 5 rings (SSSR count). The van der Waals surface area contributed by atoms with Gasteiger partial charge < -0.3 is 15.2 Å². The van der Waals surface area contributed by atoms with Crippen molar-refractivity contribution in [3.8, 4) is 16.9 Å². The van der Waals surface area contributed by atoms with Crippen LogP contribution in [-0.4, -0.2) is 28.3 Å². The fourth-order valence-corrected chi connectivity index (χ4v) is 5.16. The zero-order valence-electron chi connectivity index (χ0n) is 21.9. The topological polar surface area (TPSA) is 92.7 Å². The Morgan fingerprint density at radius 3 is 2.25 bits per heavy atom. The normalized spacial score (nSPS) is 15.8. The van der Waals surface area contributed by atoms with E-state index in [2.05, 4.69) is 5.32 Å². The molecular formula is C33H28ClNO5. The van der Waals surface area contributed by atoms with Crippen molar-refractivity contribution in [1.29, 1.82) is 0 Å². The SMILES string of the molecule is CC(=O)c1cccc(COc2ccc(CC(=O)NC3(C(=O)O)Cc4ccc(-c5ccc(Cl)cc5)cc4C3)cc2)c1. The van der Waals surface area contributed by atoms with Crippen LogP contribution in [0.2, 0.25) is 5.02 Å². The quantitative estimate of drug-likeness (QED) is 0.245. The second-order valence-electron chi connectivity index (χ2n) is 10.1. The Hall–Kier alpha value is -4.42. The summed E-state index contributed by atoms with van der Waals surface area (Å²) in [4.78, 5) is 37.0. The van der Waals surface area contributed by atoms with E-state index < -0.39 is 11.5 Å². The zero-order valence-corrected chi connectivity index (χ0v) is 22.7. The summed E-state index contributed by atoms with van der Waals surface area (Å²) in [6.45, 7) is 1.83. The van der Waals surface area contributed by atoms with Crippen LogP contribution >= 0.6 is 11.6 Å². The fraction of sp³-hybridized carbons (Fsp3) is 0.182. The van der Waals surface area contributed by atoms with Gasteiger partial charge >= 0.3 is 5.97 Å². The van der Waals surface area contributed by atoms with E-state index in [1.165, 1.54) is 6.92 Å². The van der Waals surface area contributed by atoms with Crippen molar-refractivity contribution < 1.29 is 24.2 Å². The average Bonchev–Trinajstić information content (AvgIpc) is 3.32. The van der Waals surface area contributed by atoms with Crippen molar-refractivity contribution in [2.24, 2.45) is 0 Å². The molecule has 0 aliphatic heterocycles. The molecule has 0 saturated heterocycles. The zero-order chi connectivity index (χ0) is 28.3. The Kier molecular flexibility index (Phi) is 7.71. The van der Waals surface area contributed by atoms with E-state index >= 15 is 0 Å². The van der Waals surface area contributed by atoms with E-state index in [0.29, 0.717) is 22.9 Å². The second-order valence-corrected chi connectivity index (χ2v) is 10.6. The molecule has 0 aromatic heterocycles. The number of benzene rings is 4. The lowest BCUT2D eigenvalue weighted by Crippen LogP contribution is -2.55. The molecule has 0 saturated carbocycles. The highest BCUT2D eigenvalue weighted by Crippen LogP contribution is 2.34. The Morgan fingerprint density at radius 2 is 1.55 bits per heavy atom. The van der Waals surface area contributed by atoms with Crippen molar-refractivity contribution in [2.45, 2.75) is 38.3 Å². The number of rotatable bonds is 9. The van der Waals surface area contributed by atoms with E-state index in [0.717, 1.165) is 33.4 Å². The molecule has 1 atom stereocenters. The van der Waals surface area contributed by atoms with Crippen LogP contribution in [0.5, 0.6) is 5.75 Å². The number of Topliss-reactive ketones (excluding diaryl/α,β-unsaturated/α-hetero) is 1. The third-order valence-electron chi connectivity index (χ3n) is 7.18. The minimum absolute atomic E-state index is 0.00155. The lowest BCUT2D eigenvalue weighted by molar-refractivity contribution is -0.147. The smallest absolute Gasteiger partial charge is 0.330 e. The summed E-state index contributed by atoms with van der Waals surface area (Å²) < 4.78 is 5.83. The van der Waals surface area contributed by atoms with Crippen molar-refractivity contribution in [1.82, 2.24) is 5.32 Å². The maximum absolute atomic E-state index is 13.0. The molecule has 202 valence electrons. The number of carboxylic acids is 1. The van der Waals surface area contributed by atoms with Crippen LogP contribution < -0.4 is 10.1 Å². The van der Waals surface area contributed by atoms with Gasteiger partial charge in [0.1, 0.15) is 17.9 Å². The summed E-state index contributed by atoms with van der Waals surface area (Å²) in [5, 5.41) is 13.6. The van der Waals surface area contributed by atoms with E-state index in [1.807, 2.05) is 54.6 Å². The Balaban J connectivity index is 1.21. The lowest BCUT2D eigenvalue weighted by Gasteiger charge is -2.25. The number of nitrogens with one attached hydrogen (secondary N) is 1. The third kappa shape index (κ3) is 6.08. The Morgan fingerprint density at radius 1 is 0.850 bits per heavy atom. The van der Waals surface area contributed by atoms with Gasteiger partial charge in [-0.3, -0.25) is 9.59 Å². The first-order valence-electron chi connectivity index (χ1n) is 12.9. The van der Waals surface area contributed by atoms with E-state index in [-0.39, 0.29) is 31.0 Å². The molecule has 7 heteroatoms. The van der Waals surface area contributed by atoms with Crippen molar-refractivity contribution in [3.05, 3.63) is 124 Å². The molecule has 1 aliphatic carbocycles. The van der Waals surface area contributed by atoms with Gasteiger partial charge in [0, 0.05) is 23.4 Å². The summed E-state index contributed by atoms with van der Waals surface area (Å²) >= 11 is 6.01. The van der Waals surface area contributed by atoms with Crippen LogP contribution in [0.25, 0.3) is 11.1 Å². The number of hydrogen-bond donors (Lipinski definition) is 2. The van der Waals surface area contributed by atoms with Gasteiger partial charge in [-0.25, -0.2) is 4.79 Å². The number of carbonyl (C=O) groups excluding carboxylic acids is 2. The first-order valence-corrected chi connectivity index (χ1v) is 13.3. The number of ketones is 1. The van der Waals surface area contributed by atoms with Gasteiger partial charge in [0.15, 0.2) is 5.78 Å². The number of aliphatic carboxylic acids is 1. The fourth-order valence-electron chi connectivity index (χ4n) is 5.04. The molecule has 40 heavy (non-hydrogen) atoms. The molecule has 6 nitrogen and oxygen atoms in total. The number of carbonyl (C=O) groups is 3. The largest absolute Gasteiger partial charge is 0.489 e. The number of fused-ring (bicyclic) bond motifs is 1. The van der Waals surface area contributed by atoms with Crippen LogP contribution in [0, 0.1) is 0 Å². The van der Waals surface area contributed by atoms with Gasteiger partial charge in [-0.1, -0.05) is 72.3 Å². The number of hydrogen-bond acceptors (Lipinski definition) is 4. The van der Waals surface area contributed by atoms with Crippen LogP contribution in [0.15, 0.2) is 91.0 Å². The van der Waals surface area contributed by atoms with Crippen LogP contribution in [0.3, 0.4) is 0 Å². The minimum atomic E-state index is -1.39. The van der Waals surface area contributed by atoms with Gasteiger partial charge in [0.25, 0.3) is 0 Å². The van der Waals surface area contributed by atoms with Gasteiger partial charge in [-0.05, 0) is 70.6 Å². The average molecular weight is 554 g/mol. The first kappa shape index (κ1) is 27.2. The maximum atomic E-state index is 13.0. The van der Waals surface area contributed by atoms with Crippen LogP contribution in [0.1, 0.15) is 39.5 Å². The van der Waals surface area contributed by atoms with E-state index in [4.69, 9.17) is 16.3 Å². The molecule has 1 aliphatic rings. The molecule has 4 aromatic rings. The highest BCUT2D eigenvalue weighted by atomic mass is 35.5. The monoisotopic (exact) mass is 553 g/mol. The Bertz CT molecular complexity index is 1580. The molecule has 4 aromatic carbocycles. The summed E-state index contributed by atoms with van der Waals surface area (Å²) in [6.07, 6.45) is 0.479. The predicted octanol–water partition coefficient (Wildman–Crippen LogP) is 6.07. The van der Waals surface area contributed by atoms with Crippen molar-refractivity contribution >= 4 is 29.3 Å². The highest BCUT2D eigenvalue weighted by molar-refractivity contribution is 6.30. The number of amides is 1. The molecule has 0 radical (unpaired) electrons. The predicted molar refractivity (Wildman–Crippen MR) is 154 cm³/mol. The highest BCUT2D eigenvalue weighted by Gasteiger charge is 2.45. The van der Waals surface area contributed by atoms with Crippen LogP contribution in [0.4, 0.5) is 0 Å². The molecule has 0 fully saturated rings. The van der Waals surface area contributed by atoms with Gasteiger partial charge in [-0.2, -0.15) is 0 Å². The molecular weight excluding hydrogens is 526 g/mol. The molecule has 2 N–H and O–H groups in total. The maximum Gasteiger partial charge on any atom is 0.330 e. The first-order chi connectivity index (χ1) is 19.2. The van der Waals surface area contributed by atoms with Gasteiger partial charge in [-0.15, -0.1) is 0 Å². The molecule has 0 bridgehead atoms. The number of carboxylic acid groups (broad SMARTS) is 1. The standard InChI is InChI=1S/C33H28ClNO5/c1-21(36)25-4-2-3-23(15-25)20-40-30-13-5-22(6-14-30)16-31(37)35-33(32(38)39)18-27-8-7-26(17-28(27)19-33)24-9-11-29(34)12-10-24/h2-15,17H,16,18-20H2,1H3,(H,35,37)(H,38,39). The van der Waals surface area contributed by atoms with E-state index in [9.17, 15) is 19.5 Å². The summed E-state index contributed by atoms with van der Waals surface area (Å²) in [5.41, 5.74) is 4.64. The second kappa shape index (κ2) is 11.4. The molecule has 1 unspecified atom stereocenters. The lowest BCUT2D eigenvalue weighted by atomic mass is 9.95. The van der Waals surface area contributed by atoms with Gasteiger partial charge in [0.05, 0.1) is 6.42 Å². The Labute approximate surface area is 237 Å². The molecule has 0 spiro atoms.